The lowest BCUT2D eigenvalue weighted by Crippen LogP contribution is -2.01. The van der Waals surface area contributed by atoms with E-state index in [0.717, 1.165) is 19.3 Å². The molecule has 0 saturated heterocycles. The molecule has 0 fully saturated rings. The smallest absolute Gasteiger partial charge is 0.330 e. The van der Waals surface area contributed by atoms with Crippen LogP contribution < -0.4 is 0 Å². The molecular weight excluding hydrogens is 744 g/mol. The average Bonchev–Trinajstić information content (AvgIpc) is 2.83. The molecule has 4 nitrogen and oxygen atoms in total. The van der Waals surface area contributed by atoms with Gasteiger partial charge in [-0.05, 0) is 19.3 Å². The second-order valence-electron chi connectivity index (χ2n) is 9.39. The quantitative estimate of drug-likeness (QED) is 0.0600. The monoisotopic (exact) mass is 800 g/mol. The van der Waals surface area contributed by atoms with E-state index < -0.39 is 5.97 Å². The number of rotatable bonds is 24. The van der Waals surface area contributed by atoms with Gasteiger partial charge < -0.3 is 9.84 Å². The summed E-state index contributed by atoms with van der Waals surface area (Å²) in [6.07, 6.45) is 27.6. The van der Waals surface area contributed by atoms with Gasteiger partial charge in [0.15, 0.2) is 0 Å². The molecule has 0 amide bonds. The first kappa shape index (κ1) is 51.1. The number of esters is 1. The molecule has 0 heterocycles. The van der Waals surface area contributed by atoms with Crippen LogP contribution in [-0.4, -0.2) is 23.7 Å². The van der Waals surface area contributed by atoms with Gasteiger partial charge in [-0.15, -0.1) is 67.9 Å². The zero-order valence-electron chi connectivity index (χ0n) is 24.4. The fourth-order valence-corrected chi connectivity index (χ4v) is 3.75. The molecule has 0 aromatic carbocycles. The van der Waals surface area contributed by atoms with Gasteiger partial charge >= 0.3 is 11.9 Å². The highest BCUT2D eigenvalue weighted by molar-refractivity contribution is 8.93. The molecule has 0 aromatic rings. The largest absolute Gasteiger partial charge is 0.478 e. The first-order valence-corrected chi connectivity index (χ1v) is 14.2. The summed E-state index contributed by atoms with van der Waals surface area (Å²) in [6.45, 7) is 11.9. The predicted molar refractivity (Wildman–Crippen MR) is 188 cm³/mol. The van der Waals surface area contributed by atoms with Crippen LogP contribution >= 0.6 is 67.9 Å². The van der Waals surface area contributed by atoms with Crippen molar-refractivity contribution in [3.63, 3.8) is 0 Å². The minimum atomic E-state index is -0.846. The highest BCUT2D eigenvalue weighted by Crippen LogP contribution is 2.13. The van der Waals surface area contributed by atoms with Crippen LogP contribution in [-0.2, 0) is 14.3 Å². The van der Waals surface area contributed by atoms with Crippen molar-refractivity contribution >= 4 is 79.9 Å². The maximum absolute atomic E-state index is 10.7. The molecule has 0 rings (SSSR count). The fraction of sp³-hybridized carbons (Fsp3) is 0.800. The van der Waals surface area contributed by atoms with Crippen molar-refractivity contribution in [2.75, 3.05) is 6.61 Å². The molecule has 0 saturated carbocycles. The summed E-state index contributed by atoms with van der Waals surface area (Å²) in [5.41, 5.74) is 0.351. The number of carboxylic acid groups (broad SMARTS) is 1. The maximum atomic E-state index is 10.7. The van der Waals surface area contributed by atoms with Crippen LogP contribution in [0.25, 0.3) is 0 Å². The Balaban J connectivity index is -0.000000122. The summed E-state index contributed by atoms with van der Waals surface area (Å²) < 4.78 is 4.91. The van der Waals surface area contributed by atoms with E-state index in [1.165, 1.54) is 115 Å². The van der Waals surface area contributed by atoms with Gasteiger partial charge in [0, 0.05) is 11.6 Å². The van der Waals surface area contributed by atoms with E-state index in [-0.39, 0.29) is 73.9 Å². The van der Waals surface area contributed by atoms with E-state index in [4.69, 9.17) is 9.84 Å². The van der Waals surface area contributed by atoms with Crippen molar-refractivity contribution in [1.82, 2.24) is 0 Å². The van der Waals surface area contributed by atoms with E-state index in [2.05, 4.69) is 27.0 Å². The normalized spacial score (nSPS) is 9.21. The molecule has 0 radical (unpaired) electrons. The first-order chi connectivity index (χ1) is 16.5. The molecule has 0 aliphatic heterocycles. The number of carbonyl (C=O) groups is 2. The first-order valence-electron chi connectivity index (χ1n) is 14.2. The highest BCUT2D eigenvalue weighted by Gasteiger charge is 2.02. The zero-order valence-corrected chi connectivity index (χ0v) is 31.2. The summed E-state index contributed by atoms with van der Waals surface area (Å²) in [5, 5.41) is 8.63. The molecule has 0 unspecified atom stereocenters. The summed E-state index contributed by atoms with van der Waals surface area (Å²) in [4.78, 5) is 21.2. The van der Waals surface area contributed by atoms with Crippen LogP contribution in [0.15, 0.2) is 24.8 Å². The van der Waals surface area contributed by atoms with Gasteiger partial charge in [-0.1, -0.05) is 143 Å². The third-order valence-corrected chi connectivity index (χ3v) is 6.04. The molecule has 8 heteroatoms. The number of carboxylic acids is 1. The van der Waals surface area contributed by atoms with E-state index in [1.54, 1.807) is 0 Å². The topological polar surface area (TPSA) is 63.6 Å². The number of ether oxygens (including phenoxy) is 1. The summed E-state index contributed by atoms with van der Waals surface area (Å²) in [5.74, 6) is -1.15. The SMILES string of the molecule is Br.Br.Br.Br.C=C(CCCCCCCCCCCC)C(=O)O.C=CC(=O)OCCCCCCCCCCCC. The van der Waals surface area contributed by atoms with Gasteiger partial charge in [0.05, 0.1) is 6.61 Å². The van der Waals surface area contributed by atoms with Gasteiger partial charge in [-0.2, -0.15) is 0 Å². The fourth-order valence-electron chi connectivity index (χ4n) is 3.75. The van der Waals surface area contributed by atoms with Gasteiger partial charge in [-0.3, -0.25) is 0 Å². The number of unbranched alkanes of at least 4 members (excludes halogenated alkanes) is 18. The third kappa shape index (κ3) is 46.2. The molecule has 0 bridgehead atoms. The minimum absolute atomic E-state index is 0. The number of carbonyl (C=O) groups excluding carboxylic acids is 1. The van der Waals surface area contributed by atoms with Crippen molar-refractivity contribution < 1.29 is 19.4 Å². The van der Waals surface area contributed by atoms with E-state index in [0.29, 0.717) is 18.6 Å². The maximum Gasteiger partial charge on any atom is 0.330 e. The second kappa shape index (κ2) is 44.4. The molecule has 38 heavy (non-hydrogen) atoms. The van der Waals surface area contributed by atoms with Crippen LogP contribution in [0.4, 0.5) is 0 Å². The third-order valence-electron chi connectivity index (χ3n) is 6.04. The lowest BCUT2D eigenvalue weighted by atomic mass is 10.0. The Kier molecular flexibility index (Phi) is 59.7. The van der Waals surface area contributed by atoms with Crippen molar-refractivity contribution in [2.45, 2.75) is 149 Å². The van der Waals surface area contributed by atoms with Crippen molar-refractivity contribution in [3.8, 4) is 0 Å². The Morgan fingerprint density at radius 2 is 0.921 bits per heavy atom. The van der Waals surface area contributed by atoms with Gasteiger partial charge in [0.1, 0.15) is 0 Å². The van der Waals surface area contributed by atoms with E-state index >= 15 is 0 Å². The van der Waals surface area contributed by atoms with E-state index in [1.807, 2.05) is 0 Å². The van der Waals surface area contributed by atoms with Gasteiger partial charge in [-0.25, -0.2) is 9.59 Å². The van der Waals surface area contributed by atoms with Crippen LogP contribution in [0.1, 0.15) is 149 Å². The standard InChI is InChI=1S/2C15H28O2.4BrH/c1-3-4-5-6-7-8-9-10-11-12-13-14(2)15(16)17;1-3-5-6-7-8-9-10-11-12-13-14-17-15(16)4-2;;;;/h2-13H2,1H3,(H,16,17);4H,2-3,5-14H2,1H3;4*1H. The Morgan fingerprint density at radius 1 is 0.605 bits per heavy atom. The average molecular weight is 804 g/mol. The van der Waals surface area contributed by atoms with Crippen LogP contribution in [0, 0.1) is 0 Å². The Labute approximate surface area is 277 Å². The van der Waals surface area contributed by atoms with Crippen LogP contribution in [0.2, 0.25) is 0 Å². The van der Waals surface area contributed by atoms with Crippen molar-refractivity contribution in [3.05, 3.63) is 24.8 Å². The number of hydrogen-bond acceptors (Lipinski definition) is 3. The molecule has 232 valence electrons. The minimum Gasteiger partial charge on any atom is -0.478 e. The zero-order chi connectivity index (χ0) is 25.7. The Morgan fingerprint density at radius 3 is 1.24 bits per heavy atom. The number of aliphatic carboxylic acids is 1. The Bertz CT molecular complexity index is 501. The highest BCUT2D eigenvalue weighted by atomic mass is 79.9. The molecular formula is C30H60Br4O4. The lowest BCUT2D eigenvalue weighted by Gasteiger charge is -2.03. The van der Waals surface area contributed by atoms with Crippen molar-refractivity contribution in [2.24, 2.45) is 0 Å². The lowest BCUT2D eigenvalue weighted by molar-refractivity contribution is -0.138. The molecule has 0 aliphatic rings. The van der Waals surface area contributed by atoms with Gasteiger partial charge in [0.2, 0.25) is 0 Å². The number of hydrogen-bond donors (Lipinski definition) is 1. The molecule has 0 atom stereocenters. The summed E-state index contributed by atoms with van der Waals surface area (Å²) in [7, 11) is 0. The second-order valence-corrected chi connectivity index (χ2v) is 9.39. The molecule has 1 N–H and O–H groups in total. The number of halogens is 4. The van der Waals surface area contributed by atoms with Crippen LogP contribution in [0.5, 0.6) is 0 Å². The van der Waals surface area contributed by atoms with Crippen molar-refractivity contribution in [1.29, 1.82) is 0 Å². The predicted octanol–water partition coefficient (Wildman–Crippen LogP) is 11.9. The van der Waals surface area contributed by atoms with Crippen LogP contribution in [0.3, 0.4) is 0 Å². The molecule has 0 aromatic heterocycles. The summed E-state index contributed by atoms with van der Waals surface area (Å²) >= 11 is 0. The summed E-state index contributed by atoms with van der Waals surface area (Å²) in [6, 6.07) is 0. The van der Waals surface area contributed by atoms with Gasteiger partial charge in [0.25, 0.3) is 0 Å². The Hall–Kier alpha value is 0.340. The molecule has 0 aliphatic carbocycles. The van der Waals surface area contributed by atoms with E-state index in [9.17, 15) is 9.59 Å². The molecule has 0 spiro atoms.